The molecule has 0 saturated heterocycles. The Hall–Kier alpha value is -2.86. The third-order valence-electron chi connectivity index (χ3n) is 5.36. The van der Waals surface area contributed by atoms with Crippen LogP contribution in [-0.4, -0.2) is 31.0 Å². The van der Waals surface area contributed by atoms with E-state index < -0.39 is 6.04 Å². The van der Waals surface area contributed by atoms with Crippen molar-refractivity contribution >= 4 is 11.8 Å². The van der Waals surface area contributed by atoms with Gasteiger partial charge < -0.3 is 20.7 Å². The molecule has 0 fully saturated rings. The zero-order valence-electron chi connectivity index (χ0n) is 17.9. The first kappa shape index (κ1) is 21.8. The third kappa shape index (κ3) is 5.83. The maximum atomic E-state index is 12.9. The van der Waals surface area contributed by atoms with E-state index in [-0.39, 0.29) is 23.8 Å². The average molecular weight is 410 g/mol. The van der Waals surface area contributed by atoms with Gasteiger partial charge in [0.15, 0.2) is 0 Å². The van der Waals surface area contributed by atoms with Crippen molar-refractivity contribution in [1.29, 1.82) is 0 Å². The van der Waals surface area contributed by atoms with Crippen LogP contribution in [-0.2, 0) is 29.1 Å². The van der Waals surface area contributed by atoms with Crippen molar-refractivity contribution in [2.75, 3.05) is 7.11 Å². The smallest absolute Gasteiger partial charge is 0.242 e. The van der Waals surface area contributed by atoms with Gasteiger partial charge in [-0.2, -0.15) is 0 Å². The van der Waals surface area contributed by atoms with Gasteiger partial charge in [-0.05, 0) is 47.6 Å². The molecule has 1 aliphatic heterocycles. The lowest BCUT2D eigenvalue weighted by Gasteiger charge is -2.28. The van der Waals surface area contributed by atoms with Crippen LogP contribution in [0.25, 0.3) is 0 Å². The van der Waals surface area contributed by atoms with Gasteiger partial charge in [0.05, 0.1) is 13.2 Å². The molecule has 2 aromatic rings. The van der Waals surface area contributed by atoms with Crippen LogP contribution in [0, 0.1) is 5.92 Å². The van der Waals surface area contributed by atoms with Gasteiger partial charge in [0.2, 0.25) is 11.8 Å². The number of rotatable bonds is 8. The highest BCUT2D eigenvalue weighted by atomic mass is 16.5. The maximum Gasteiger partial charge on any atom is 0.242 e. The van der Waals surface area contributed by atoms with Gasteiger partial charge in [-0.15, -0.1) is 0 Å². The summed E-state index contributed by atoms with van der Waals surface area (Å²) < 4.78 is 5.16. The number of benzene rings is 2. The number of hydrogen-bond donors (Lipinski definition) is 3. The minimum absolute atomic E-state index is 0.130. The third-order valence-corrected chi connectivity index (χ3v) is 5.36. The highest BCUT2D eigenvalue weighted by Crippen LogP contribution is 2.17. The van der Waals surface area contributed by atoms with E-state index in [9.17, 15) is 9.59 Å². The van der Waals surface area contributed by atoms with Crippen molar-refractivity contribution in [3.05, 3.63) is 65.2 Å². The summed E-state index contributed by atoms with van der Waals surface area (Å²) in [5.41, 5.74) is 3.38. The standard InChI is InChI=1S/C24H31N3O3/c1-16(2)12-22(23(28)26-14-17-8-10-20(30-3)11-9-17)27-24(29)21-13-18-6-4-5-7-19(18)15-25-21/h4-11,16,21-22,25H,12-15H2,1-3H3,(H,26,28)(H,27,29)/t21-,22-/m1/s1. The molecule has 0 aromatic heterocycles. The summed E-state index contributed by atoms with van der Waals surface area (Å²) >= 11 is 0. The number of ether oxygens (including phenoxy) is 1. The minimum atomic E-state index is -0.560. The monoisotopic (exact) mass is 409 g/mol. The molecule has 3 rings (SSSR count). The Kier molecular flexibility index (Phi) is 7.46. The van der Waals surface area contributed by atoms with E-state index in [1.54, 1.807) is 7.11 Å². The highest BCUT2D eigenvalue weighted by molar-refractivity contribution is 5.90. The quantitative estimate of drug-likeness (QED) is 0.626. The second-order valence-corrected chi connectivity index (χ2v) is 8.16. The Morgan fingerprint density at radius 2 is 1.80 bits per heavy atom. The molecule has 0 spiro atoms. The summed E-state index contributed by atoms with van der Waals surface area (Å²) in [6.45, 7) is 5.16. The summed E-state index contributed by atoms with van der Waals surface area (Å²) in [4.78, 5) is 25.7. The lowest BCUT2D eigenvalue weighted by Crippen LogP contribution is -2.54. The zero-order valence-corrected chi connectivity index (χ0v) is 17.9. The largest absolute Gasteiger partial charge is 0.497 e. The Morgan fingerprint density at radius 3 is 2.47 bits per heavy atom. The van der Waals surface area contributed by atoms with Crippen LogP contribution in [0.3, 0.4) is 0 Å². The fraction of sp³-hybridized carbons (Fsp3) is 0.417. The van der Waals surface area contributed by atoms with Crippen molar-refractivity contribution in [3.63, 3.8) is 0 Å². The molecule has 0 unspecified atom stereocenters. The van der Waals surface area contributed by atoms with Gasteiger partial charge in [-0.3, -0.25) is 9.59 Å². The number of fused-ring (bicyclic) bond motifs is 1. The van der Waals surface area contributed by atoms with Gasteiger partial charge in [-0.25, -0.2) is 0 Å². The second kappa shape index (κ2) is 10.3. The molecule has 0 bridgehead atoms. The molecular weight excluding hydrogens is 378 g/mol. The Balaban J connectivity index is 1.59. The summed E-state index contributed by atoms with van der Waals surface area (Å²) in [5, 5.41) is 9.21. The predicted molar refractivity (Wildman–Crippen MR) is 117 cm³/mol. The van der Waals surface area contributed by atoms with Crippen LogP contribution in [0.2, 0.25) is 0 Å². The Labute approximate surface area is 178 Å². The van der Waals surface area contributed by atoms with E-state index in [2.05, 4.69) is 28.1 Å². The molecule has 6 heteroatoms. The van der Waals surface area contributed by atoms with E-state index in [0.717, 1.165) is 11.3 Å². The van der Waals surface area contributed by atoms with Gasteiger partial charge in [-0.1, -0.05) is 50.2 Å². The van der Waals surface area contributed by atoms with Crippen molar-refractivity contribution in [1.82, 2.24) is 16.0 Å². The first-order chi connectivity index (χ1) is 14.5. The van der Waals surface area contributed by atoms with Crippen LogP contribution >= 0.6 is 0 Å². The van der Waals surface area contributed by atoms with Crippen molar-refractivity contribution < 1.29 is 14.3 Å². The van der Waals surface area contributed by atoms with Gasteiger partial charge in [0.1, 0.15) is 11.8 Å². The summed E-state index contributed by atoms with van der Waals surface area (Å²) in [6.07, 6.45) is 1.22. The highest BCUT2D eigenvalue weighted by Gasteiger charge is 2.28. The predicted octanol–water partition coefficient (Wildman–Crippen LogP) is 2.56. The average Bonchev–Trinajstić information content (AvgIpc) is 2.76. The molecule has 2 atom stereocenters. The normalized spacial score (nSPS) is 16.5. The molecule has 2 aromatic carbocycles. The lowest BCUT2D eigenvalue weighted by molar-refractivity contribution is -0.130. The van der Waals surface area contributed by atoms with E-state index in [0.29, 0.717) is 25.9 Å². The summed E-state index contributed by atoms with van der Waals surface area (Å²) in [6, 6.07) is 14.8. The zero-order chi connectivity index (χ0) is 21.5. The van der Waals surface area contributed by atoms with Gasteiger partial charge in [0, 0.05) is 13.1 Å². The number of nitrogens with one attached hydrogen (secondary N) is 3. The molecule has 6 nitrogen and oxygen atoms in total. The number of carbonyl (C=O) groups excluding carboxylic acids is 2. The number of methoxy groups -OCH3 is 1. The number of amides is 2. The number of carbonyl (C=O) groups is 2. The fourth-order valence-electron chi connectivity index (χ4n) is 3.67. The van der Waals surface area contributed by atoms with Crippen LogP contribution in [0.15, 0.2) is 48.5 Å². The summed E-state index contributed by atoms with van der Waals surface area (Å²) in [5.74, 6) is 0.762. The maximum absolute atomic E-state index is 12.9. The van der Waals surface area contributed by atoms with Crippen LogP contribution in [0.4, 0.5) is 0 Å². The molecule has 3 N–H and O–H groups in total. The molecule has 2 amide bonds. The van der Waals surface area contributed by atoms with E-state index in [4.69, 9.17) is 4.74 Å². The lowest BCUT2D eigenvalue weighted by atomic mass is 9.95. The number of hydrogen-bond acceptors (Lipinski definition) is 4. The first-order valence-corrected chi connectivity index (χ1v) is 10.5. The van der Waals surface area contributed by atoms with Gasteiger partial charge in [0.25, 0.3) is 0 Å². The minimum Gasteiger partial charge on any atom is -0.497 e. The van der Waals surface area contributed by atoms with Gasteiger partial charge >= 0.3 is 0 Å². The second-order valence-electron chi connectivity index (χ2n) is 8.16. The molecule has 160 valence electrons. The van der Waals surface area contributed by atoms with Crippen LogP contribution in [0.5, 0.6) is 5.75 Å². The Morgan fingerprint density at radius 1 is 1.10 bits per heavy atom. The molecule has 1 aliphatic rings. The van der Waals surface area contributed by atoms with E-state index in [1.165, 1.54) is 11.1 Å². The Bertz CT molecular complexity index is 864. The molecule has 1 heterocycles. The molecule has 0 radical (unpaired) electrons. The fourth-order valence-corrected chi connectivity index (χ4v) is 3.67. The van der Waals surface area contributed by atoms with E-state index >= 15 is 0 Å². The summed E-state index contributed by atoms with van der Waals surface area (Å²) in [7, 11) is 1.62. The molecule has 0 saturated carbocycles. The van der Waals surface area contributed by atoms with Crippen molar-refractivity contribution in [2.24, 2.45) is 5.92 Å². The SMILES string of the molecule is COc1ccc(CNC(=O)[C@@H](CC(C)C)NC(=O)[C@H]2Cc3ccccc3CN2)cc1. The van der Waals surface area contributed by atoms with Crippen molar-refractivity contribution in [3.8, 4) is 5.75 Å². The van der Waals surface area contributed by atoms with E-state index in [1.807, 2.05) is 50.2 Å². The topological polar surface area (TPSA) is 79.5 Å². The molecule has 30 heavy (non-hydrogen) atoms. The molecule has 0 aliphatic carbocycles. The first-order valence-electron chi connectivity index (χ1n) is 10.5. The van der Waals surface area contributed by atoms with Crippen LogP contribution < -0.4 is 20.7 Å². The van der Waals surface area contributed by atoms with Crippen LogP contribution in [0.1, 0.15) is 37.0 Å². The molecular formula is C24H31N3O3. The van der Waals surface area contributed by atoms with Crippen molar-refractivity contribution in [2.45, 2.75) is 51.9 Å².